The second-order valence-corrected chi connectivity index (χ2v) is 11.1. The summed E-state index contributed by atoms with van der Waals surface area (Å²) in [4.78, 5) is 4.84. The van der Waals surface area contributed by atoms with Crippen molar-refractivity contribution in [3.63, 3.8) is 0 Å². The van der Waals surface area contributed by atoms with Crippen molar-refractivity contribution in [2.75, 3.05) is 39.3 Å². The Kier molecular flexibility index (Phi) is 8.65. The van der Waals surface area contributed by atoms with Crippen molar-refractivity contribution in [1.82, 2.24) is 15.0 Å². The van der Waals surface area contributed by atoms with Crippen LogP contribution in [0.3, 0.4) is 0 Å². The van der Waals surface area contributed by atoms with Gasteiger partial charge in [-0.25, -0.2) is 0 Å². The molecule has 0 spiro atoms. The number of benzene rings is 3. The number of alkyl halides is 3. The summed E-state index contributed by atoms with van der Waals surface area (Å²) in [6.45, 7) is 4.05. The summed E-state index contributed by atoms with van der Waals surface area (Å²) < 4.78 is 49.1. The van der Waals surface area contributed by atoms with Crippen LogP contribution in [-0.4, -0.2) is 65.5 Å². The van der Waals surface area contributed by atoms with Crippen molar-refractivity contribution in [3.8, 4) is 5.75 Å². The van der Waals surface area contributed by atoms with Crippen LogP contribution in [0.5, 0.6) is 5.75 Å². The number of aryl methyl sites for hydroxylation is 2. The highest BCUT2D eigenvalue weighted by Gasteiger charge is 2.35. The van der Waals surface area contributed by atoms with Gasteiger partial charge in [0.2, 0.25) is 0 Å². The van der Waals surface area contributed by atoms with E-state index in [4.69, 9.17) is 9.26 Å². The lowest BCUT2D eigenvalue weighted by Gasteiger charge is -2.40. The van der Waals surface area contributed by atoms with Crippen LogP contribution in [0.4, 0.5) is 13.2 Å². The van der Waals surface area contributed by atoms with Gasteiger partial charge < -0.3 is 14.4 Å². The molecule has 2 heterocycles. The zero-order chi connectivity index (χ0) is 29.8. The second-order valence-electron chi connectivity index (χ2n) is 11.1. The molecule has 1 saturated heterocycles. The number of piperazine rings is 1. The number of β-amino-alcohol motifs (C(OH)–C–C–N with tert-alkyl or cyclic N) is 1. The molecular weight excluding hydrogens is 555 g/mol. The number of aliphatic hydroxyl groups is 1. The molecule has 1 aliphatic heterocycles. The van der Waals surface area contributed by atoms with Gasteiger partial charge in [0.1, 0.15) is 18.5 Å². The molecule has 43 heavy (non-hydrogen) atoms. The highest BCUT2D eigenvalue weighted by molar-refractivity contribution is 5.70. The van der Waals surface area contributed by atoms with Gasteiger partial charge in [0.25, 0.3) is 0 Å². The predicted octanol–water partition coefficient (Wildman–Crippen LogP) is 6.11. The topological polar surface area (TPSA) is 62.0 Å². The van der Waals surface area contributed by atoms with E-state index in [2.05, 4.69) is 63.5 Å². The lowest BCUT2D eigenvalue weighted by molar-refractivity contribution is -0.142. The van der Waals surface area contributed by atoms with Crippen molar-refractivity contribution in [2.45, 2.75) is 31.2 Å². The van der Waals surface area contributed by atoms with E-state index >= 15 is 0 Å². The number of rotatable bonds is 8. The van der Waals surface area contributed by atoms with E-state index in [9.17, 15) is 18.3 Å². The fourth-order valence-electron chi connectivity index (χ4n) is 6.05. The first-order valence-electron chi connectivity index (χ1n) is 14.6. The van der Waals surface area contributed by atoms with Gasteiger partial charge in [0, 0.05) is 44.4 Å². The highest BCUT2D eigenvalue weighted by atomic mass is 19.4. The summed E-state index contributed by atoms with van der Waals surface area (Å²) in [5.74, 6) is 0.501. The van der Waals surface area contributed by atoms with Crippen LogP contribution in [0.2, 0.25) is 0 Å². The third kappa shape index (κ3) is 6.85. The molecule has 3 aromatic carbocycles. The zero-order valence-corrected chi connectivity index (χ0v) is 23.7. The Balaban J connectivity index is 1.04. The first-order chi connectivity index (χ1) is 20.8. The Morgan fingerprint density at radius 3 is 2.16 bits per heavy atom. The van der Waals surface area contributed by atoms with Gasteiger partial charge in [-0.15, -0.1) is 0 Å². The molecule has 224 valence electrons. The predicted molar refractivity (Wildman–Crippen MR) is 159 cm³/mol. The van der Waals surface area contributed by atoms with Crippen LogP contribution in [0.1, 0.15) is 45.3 Å². The Bertz CT molecular complexity index is 1510. The van der Waals surface area contributed by atoms with Gasteiger partial charge in [-0.05, 0) is 53.3 Å². The van der Waals surface area contributed by atoms with E-state index in [1.54, 1.807) is 30.3 Å². The Labute approximate surface area is 249 Å². The monoisotopic (exact) mass is 589 g/mol. The number of fused-ring (bicyclic) bond motifs is 2. The maximum absolute atomic E-state index is 12.8. The van der Waals surface area contributed by atoms with Crippen molar-refractivity contribution in [1.29, 1.82) is 0 Å². The van der Waals surface area contributed by atoms with Gasteiger partial charge in [-0.3, -0.25) is 9.80 Å². The molecule has 1 atom stereocenters. The minimum Gasteiger partial charge on any atom is -0.490 e. The number of halogens is 3. The molecule has 1 fully saturated rings. The molecule has 4 aromatic rings. The van der Waals surface area contributed by atoms with Crippen LogP contribution in [0.25, 0.3) is 12.2 Å². The van der Waals surface area contributed by atoms with Gasteiger partial charge >= 0.3 is 6.18 Å². The summed E-state index contributed by atoms with van der Waals surface area (Å²) in [6.07, 6.45) is -0.157. The number of aromatic nitrogens is 1. The Hall–Kier alpha value is -3.92. The standard InChI is InChI=1S/C34H34F3N3O3/c35-34(36,37)32-21-28(43-38-32)16-15-26-9-3-6-12-31(26)42-23-27(41)22-39-17-19-40(20-18-39)33-29-10-4-1-7-24(29)13-14-25-8-2-5-11-30(25)33/h1-12,15-16,21,27,33,41H,13-14,17-20,22-23H2. The number of hydrogen-bond donors (Lipinski definition) is 1. The van der Waals surface area contributed by atoms with E-state index in [1.807, 2.05) is 0 Å². The molecule has 2 aliphatic rings. The van der Waals surface area contributed by atoms with Crippen molar-refractivity contribution >= 4 is 12.2 Å². The van der Waals surface area contributed by atoms with Crippen LogP contribution in [-0.2, 0) is 19.0 Å². The maximum atomic E-state index is 12.8. The minimum absolute atomic E-state index is 0.0165. The Morgan fingerprint density at radius 1 is 0.884 bits per heavy atom. The first-order valence-corrected chi connectivity index (χ1v) is 14.6. The van der Waals surface area contributed by atoms with E-state index in [0.717, 1.165) is 45.1 Å². The van der Waals surface area contributed by atoms with Gasteiger partial charge in [-0.1, -0.05) is 71.9 Å². The van der Waals surface area contributed by atoms with Crippen molar-refractivity contribution in [2.24, 2.45) is 0 Å². The molecule has 1 aromatic heterocycles. The van der Waals surface area contributed by atoms with Crippen molar-refractivity contribution in [3.05, 3.63) is 118 Å². The molecule has 0 saturated carbocycles. The van der Waals surface area contributed by atoms with Crippen LogP contribution >= 0.6 is 0 Å². The summed E-state index contributed by atoms with van der Waals surface area (Å²) >= 11 is 0. The minimum atomic E-state index is -4.56. The van der Waals surface area contributed by atoms with Gasteiger partial charge in [0.15, 0.2) is 11.5 Å². The number of para-hydroxylation sites is 1. The molecule has 1 unspecified atom stereocenters. The lowest BCUT2D eigenvalue weighted by atomic mass is 9.92. The maximum Gasteiger partial charge on any atom is 0.436 e. The average Bonchev–Trinajstić information content (AvgIpc) is 3.44. The molecule has 0 amide bonds. The number of hydrogen-bond acceptors (Lipinski definition) is 6. The summed E-state index contributed by atoms with van der Waals surface area (Å²) in [5.41, 5.74) is 5.19. The molecule has 0 bridgehead atoms. The van der Waals surface area contributed by atoms with Crippen molar-refractivity contribution < 1.29 is 27.5 Å². The van der Waals surface area contributed by atoms with E-state index in [-0.39, 0.29) is 18.4 Å². The zero-order valence-electron chi connectivity index (χ0n) is 23.7. The van der Waals surface area contributed by atoms with E-state index in [1.165, 1.54) is 28.3 Å². The third-order valence-electron chi connectivity index (χ3n) is 8.20. The molecule has 9 heteroatoms. The molecule has 0 radical (unpaired) electrons. The SMILES string of the molecule is OC(COc1ccccc1C=Cc1cc(C(F)(F)F)no1)CN1CCN(C2c3ccccc3CCc3ccccc32)CC1. The molecule has 1 aliphatic carbocycles. The second kappa shape index (κ2) is 12.8. The Morgan fingerprint density at radius 2 is 1.51 bits per heavy atom. The van der Waals surface area contributed by atoms with Crippen LogP contribution in [0.15, 0.2) is 83.4 Å². The van der Waals surface area contributed by atoms with E-state index in [0.29, 0.717) is 17.9 Å². The number of aliphatic hydroxyl groups excluding tert-OH is 1. The molecule has 6 nitrogen and oxygen atoms in total. The smallest absolute Gasteiger partial charge is 0.436 e. The molecular formula is C34H34F3N3O3. The van der Waals surface area contributed by atoms with Gasteiger partial charge in [-0.2, -0.15) is 13.2 Å². The largest absolute Gasteiger partial charge is 0.490 e. The lowest BCUT2D eigenvalue weighted by Crippen LogP contribution is -2.50. The summed E-state index contributed by atoms with van der Waals surface area (Å²) in [7, 11) is 0. The molecule has 6 rings (SSSR count). The normalized spacial score (nSPS) is 17.4. The highest BCUT2D eigenvalue weighted by Crippen LogP contribution is 2.37. The fourth-order valence-corrected chi connectivity index (χ4v) is 6.05. The quantitative estimate of drug-likeness (QED) is 0.268. The summed E-state index contributed by atoms with van der Waals surface area (Å²) in [5, 5.41) is 13.9. The number of ether oxygens (including phenoxy) is 1. The average molecular weight is 590 g/mol. The number of nitrogens with zero attached hydrogens (tertiary/aromatic N) is 3. The fraction of sp³-hybridized carbons (Fsp3) is 0.324. The molecule has 1 N–H and O–H groups in total. The van der Waals surface area contributed by atoms with Gasteiger partial charge in [0.05, 0.1) is 6.04 Å². The van der Waals surface area contributed by atoms with E-state index < -0.39 is 18.0 Å². The first kappa shape index (κ1) is 29.2. The van der Waals surface area contributed by atoms with Crippen LogP contribution in [0, 0.1) is 0 Å². The third-order valence-corrected chi connectivity index (χ3v) is 8.20. The van der Waals surface area contributed by atoms with Crippen LogP contribution < -0.4 is 4.74 Å². The summed E-state index contributed by atoms with van der Waals surface area (Å²) in [6, 6.07) is 25.8.